The molecule has 0 unspecified atom stereocenters. The van der Waals surface area contributed by atoms with E-state index in [1.54, 1.807) is 45.0 Å². The highest BCUT2D eigenvalue weighted by atomic mass is 32.2. The van der Waals surface area contributed by atoms with Gasteiger partial charge >= 0.3 is 0 Å². The van der Waals surface area contributed by atoms with Crippen LogP contribution in [0.1, 0.15) is 112 Å². The number of ketones is 3. The van der Waals surface area contributed by atoms with Gasteiger partial charge in [0.05, 0.1) is 61.2 Å². The van der Waals surface area contributed by atoms with Gasteiger partial charge in [0.25, 0.3) is 0 Å². The summed E-state index contributed by atoms with van der Waals surface area (Å²) in [6, 6.07) is 2.78. The SMILES string of the molecule is CC[C@H](C)[C@@H]1NC(=O)CNC(=O)[C@H]2CC(=O)[C@H]([C@@H](C)[C@@H](O)CO)NC(=O)[C@@H]3C[C@@H](O)CN3C(=O)[C@H](CC(=O)NCc3ccc(NC(=O)[C@H](C)CC(=O)[C@@H](NC(C)(C)C)C(C)C)cc3)CC(=O)[C@H](CS(=O)(=O)c3[nH]c4cc(O)ccc4c3C2)NC(=O)CNC1=O. The van der Waals surface area contributed by atoms with Crippen LogP contribution in [0, 0.1) is 35.5 Å². The lowest BCUT2D eigenvalue weighted by atomic mass is 9.85. The Labute approximate surface area is 516 Å². The van der Waals surface area contributed by atoms with Crippen molar-refractivity contribution < 1.29 is 81.6 Å². The zero-order valence-corrected chi connectivity index (χ0v) is 52.5. The largest absolute Gasteiger partial charge is 0.508 e. The molecule has 3 aliphatic rings. The minimum absolute atomic E-state index is 0.00269. The molecular formula is C61H86N10O17S. The summed E-state index contributed by atoms with van der Waals surface area (Å²) in [5.41, 5.74) is 0.373. The molecule has 0 radical (unpaired) electrons. The second-order valence-corrected chi connectivity index (χ2v) is 27.2. The summed E-state index contributed by atoms with van der Waals surface area (Å²) in [7, 11) is -4.95. The van der Waals surface area contributed by atoms with Crippen molar-refractivity contribution in [3.05, 3.63) is 53.6 Å². The molecule has 12 atom stereocenters. The topological polar surface area (TPSA) is 418 Å². The van der Waals surface area contributed by atoms with Crippen molar-refractivity contribution in [2.45, 2.75) is 167 Å². The molecule has 2 bridgehead atoms. The number of phenols is 1. The highest BCUT2D eigenvalue weighted by Crippen LogP contribution is 2.34. The fraction of sp³-hybridized carbons (Fsp3) is 0.590. The fourth-order valence-corrected chi connectivity index (χ4v) is 12.9. The van der Waals surface area contributed by atoms with Gasteiger partial charge in [-0.15, -0.1) is 0 Å². The number of nitrogens with one attached hydrogen (secondary N) is 9. The quantitative estimate of drug-likeness (QED) is 0.0876. The first-order valence-corrected chi connectivity index (χ1v) is 31.7. The van der Waals surface area contributed by atoms with E-state index in [4.69, 9.17) is 0 Å². The molecule has 2 aromatic carbocycles. The number of amides is 8. The molecule has 89 heavy (non-hydrogen) atoms. The third-order valence-corrected chi connectivity index (χ3v) is 18.3. The van der Waals surface area contributed by atoms with Gasteiger partial charge in [0.1, 0.15) is 28.9 Å². The molecule has 8 amide bonds. The number of rotatable bonds is 16. The number of carbonyl (C=O) groups is 11. The van der Waals surface area contributed by atoms with Gasteiger partial charge in [-0.05, 0) is 74.4 Å². The number of benzene rings is 2. The lowest BCUT2D eigenvalue weighted by Crippen LogP contribution is -2.56. The number of anilines is 1. The lowest BCUT2D eigenvalue weighted by Gasteiger charge is -2.32. The fourth-order valence-electron chi connectivity index (χ4n) is 11.2. The van der Waals surface area contributed by atoms with E-state index in [1.807, 2.05) is 34.6 Å². The van der Waals surface area contributed by atoms with Crippen LogP contribution < -0.4 is 42.5 Å². The predicted molar refractivity (Wildman–Crippen MR) is 323 cm³/mol. The normalized spacial score (nSPS) is 24.6. The van der Waals surface area contributed by atoms with Gasteiger partial charge in [-0.1, -0.05) is 60.1 Å². The molecule has 4 heterocycles. The van der Waals surface area contributed by atoms with Crippen molar-refractivity contribution in [3.63, 3.8) is 0 Å². The number of fused-ring (bicyclic) bond motifs is 5. The zero-order valence-electron chi connectivity index (χ0n) is 51.7. The van der Waals surface area contributed by atoms with Crippen molar-refractivity contribution in [1.82, 2.24) is 47.1 Å². The summed E-state index contributed by atoms with van der Waals surface area (Å²) < 4.78 is 30.2. The number of carbonyl (C=O) groups excluding carboxylic acids is 11. The summed E-state index contributed by atoms with van der Waals surface area (Å²) in [6.07, 6.45) is -6.53. The van der Waals surface area contributed by atoms with Gasteiger partial charge in [0, 0.05) is 85.6 Å². The van der Waals surface area contributed by atoms with Crippen LogP contribution in [0.3, 0.4) is 0 Å². The Morgan fingerprint density at radius 1 is 0.809 bits per heavy atom. The first-order valence-electron chi connectivity index (χ1n) is 30.0. The number of aromatic amines is 1. The Morgan fingerprint density at radius 2 is 1.46 bits per heavy atom. The molecule has 3 aliphatic heterocycles. The number of Topliss-reactive ketones (excluding diaryl/α,β-unsaturated/α-hetero) is 3. The number of phenolic OH excluding ortho intramolecular Hbond substituents is 1. The van der Waals surface area contributed by atoms with Crippen molar-refractivity contribution in [2.24, 2.45) is 35.5 Å². The molecule has 488 valence electrons. The molecule has 0 aliphatic carbocycles. The zero-order chi connectivity index (χ0) is 66.0. The number of H-pyrrole nitrogens is 1. The van der Waals surface area contributed by atoms with Crippen LogP contribution in [-0.2, 0) is 75.5 Å². The number of hydrogen-bond donors (Lipinski definition) is 13. The number of aliphatic hydroxyl groups is 3. The monoisotopic (exact) mass is 1260 g/mol. The van der Waals surface area contributed by atoms with E-state index in [-0.39, 0.29) is 52.4 Å². The Kier molecular flexibility index (Phi) is 23.9. The molecule has 27 nitrogen and oxygen atoms in total. The minimum Gasteiger partial charge on any atom is -0.508 e. The van der Waals surface area contributed by atoms with Gasteiger partial charge < -0.3 is 72.8 Å². The minimum atomic E-state index is -4.95. The van der Waals surface area contributed by atoms with Crippen LogP contribution in [-0.4, -0.2) is 183 Å². The van der Waals surface area contributed by atoms with E-state index in [1.165, 1.54) is 25.1 Å². The van der Waals surface area contributed by atoms with E-state index in [0.717, 1.165) is 4.90 Å². The standard InChI is InChI=1S/C61H86N10O17S/c1-10-31(4)53-58(85)64-25-50(80)66-43-29-89(87,88)59-41(40-16-15-38(73)22-42(40)67-59)18-35(56(83)63-26-51(81)68-53)19-47(77)54(33(6)48(78)28-72)69-57(84)44-23-39(74)27-71(44)60(86)36(20-45(43)75)21-49(79)62-24-34-11-13-37(14-12-34)65-55(82)32(5)17-46(76)52(30(2)3)70-61(7,8)9/h11-16,22,30-33,35-36,39,43-44,48,52-54,67,70,72-74,78H,10,17-21,23-29H2,1-9H3,(H,62,79)(H,63,83)(H,64,85)(H,65,82)(H,66,80)(H,68,81)(H,69,84)/t31-,32+,33-,35+,36-,39+,43-,44-,48-,52-,53-,54-/m0/s1. The Bertz CT molecular complexity index is 3270. The number of hydrogen-bond acceptors (Lipinski definition) is 18. The van der Waals surface area contributed by atoms with Crippen molar-refractivity contribution in [3.8, 4) is 5.75 Å². The average molecular weight is 1260 g/mol. The Morgan fingerprint density at radius 3 is 2.09 bits per heavy atom. The maximum atomic E-state index is 15.1. The lowest BCUT2D eigenvalue weighted by molar-refractivity contribution is -0.145. The number of nitrogens with zero attached hydrogens (tertiary/aromatic N) is 1. The molecule has 0 spiro atoms. The molecule has 1 fully saturated rings. The third-order valence-electron chi connectivity index (χ3n) is 16.5. The number of sulfone groups is 1. The van der Waals surface area contributed by atoms with Crippen LogP contribution in [0.25, 0.3) is 10.9 Å². The van der Waals surface area contributed by atoms with Crippen LogP contribution in [0.15, 0.2) is 47.5 Å². The molecule has 1 aromatic heterocycles. The van der Waals surface area contributed by atoms with Crippen LogP contribution in [0.2, 0.25) is 0 Å². The second kappa shape index (κ2) is 30.2. The van der Waals surface area contributed by atoms with Gasteiger partial charge in [-0.2, -0.15) is 0 Å². The number of aliphatic hydroxyl groups excluding tert-OH is 3. The summed E-state index contributed by atoms with van der Waals surface area (Å²) in [5.74, 6) is -17.0. The van der Waals surface area contributed by atoms with Gasteiger partial charge in [0.15, 0.2) is 27.2 Å². The van der Waals surface area contributed by atoms with Crippen molar-refractivity contribution in [2.75, 3.05) is 37.3 Å². The first kappa shape index (κ1) is 70.4. The summed E-state index contributed by atoms with van der Waals surface area (Å²) in [5, 5.41) is 63.3. The molecule has 1 saturated heterocycles. The summed E-state index contributed by atoms with van der Waals surface area (Å²) in [4.78, 5) is 160. The van der Waals surface area contributed by atoms with Crippen molar-refractivity contribution >= 4 is 91.0 Å². The predicted octanol–water partition coefficient (Wildman–Crippen LogP) is -0.295. The molecular weight excluding hydrogens is 1180 g/mol. The maximum absolute atomic E-state index is 15.1. The number of aromatic nitrogens is 1. The van der Waals surface area contributed by atoms with E-state index in [2.05, 4.69) is 47.5 Å². The molecule has 3 aromatic rings. The third kappa shape index (κ3) is 18.7. The van der Waals surface area contributed by atoms with Crippen LogP contribution in [0.5, 0.6) is 5.75 Å². The highest BCUT2D eigenvalue weighted by Gasteiger charge is 2.46. The smallest absolute Gasteiger partial charge is 0.243 e. The second-order valence-electron chi connectivity index (χ2n) is 25.2. The summed E-state index contributed by atoms with van der Waals surface area (Å²) >= 11 is 0. The van der Waals surface area contributed by atoms with Gasteiger partial charge in [0.2, 0.25) is 47.3 Å². The Balaban J connectivity index is 1.39. The molecule has 28 heteroatoms. The van der Waals surface area contributed by atoms with E-state index in [0.29, 0.717) is 17.7 Å². The van der Waals surface area contributed by atoms with E-state index in [9.17, 15) is 63.6 Å². The number of aromatic hydroxyl groups is 1. The summed E-state index contributed by atoms with van der Waals surface area (Å²) in [6.45, 7) is 12.7. The van der Waals surface area contributed by atoms with Crippen LogP contribution >= 0.6 is 0 Å². The Hall–Kier alpha value is -7.66. The van der Waals surface area contributed by atoms with Gasteiger partial charge in [-0.3, -0.25) is 52.7 Å². The van der Waals surface area contributed by atoms with E-state index >= 15 is 18.0 Å². The van der Waals surface area contributed by atoms with Crippen LogP contribution in [0.4, 0.5) is 5.69 Å². The van der Waals surface area contributed by atoms with Gasteiger partial charge in [-0.25, -0.2) is 8.42 Å². The first-order chi connectivity index (χ1) is 41.7. The molecule has 13 N–H and O–H groups in total. The molecule has 6 rings (SSSR count). The van der Waals surface area contributed by atoms with E-state index < -0.39 is 210 Å². The average Bonchev–Trinajstić information content (AvgIpc) is 1.92. The highest BCUT2D eigenvalue weighted by molar-refractivity contribution is 7.91. The molecule has 0 saturated carbocycles. The maximum Gasteiger partial charge on any atom is 0.243 e. The van der Waals surface area contributed by atoms with Crippen molar-refractivity contribution in [1.29, 1.82) is 0 Å².